The van der Waals surface area contributed by atoms with Crippen molar-refractivity contribution in [2.45, 2.75) is 58.5 Å². The molecule has 1 aliphatic carbocycles. The van der Waals surface area contributed by atoms with Crippen LogP contribution in [-0.4, -0.2) is 37.7 Å². The first kappa shape index (κ1) is 16.8. The Balaban J connectivity index is 1.30. The maximum Gasteiger partial charge on any atom is 0.256 e. The highest BCUT2D eigenvalue weighted by Gasteiger charge is 2.28. The zero-order valence-electron chi connectivity index (χ0n) is 14.9. The van der Waals surface area contributed by atoms with Crippen LogP contribution < -0.4 is 5.56 Å². The van der Waals surface area contributed by atoms with Crippen LogP contribution in [0.5, 0.6) is 0 Å². The minimum Gasteiger partial charge on any atom is -0.299 e. The van der Waals surface area contributed by atoms with Crippen LogP contribution in [0.3, 0.4) is 0 Å². The Morgan fingerprint density at radius 1 is 1.16 bits per heavy atom. The average molecular weight is 359 g/mol. The maximum atomic E-state index is 12.3. The first-order chi connectivity index (χ1) is 12.1. The molecule has 4 rings (SSSR count). The second-order valence-electron chi connectivity index (χ2n) is 7.44. The summed E-state index contributed by atoms with van der Waals surface area (Å²) in [6.07, 6.45) is 6.51. The summed E-state index contributed by atoms with van der Waals surface area (Å²) in [5, 5.41) is 11.1. The fourth-order valence-electron chi connectivity index (χ4n) is 3.43. The molecule has 2 aliphatic rings. The summed E-state index contributed by atoms with van der Waals surface area (Å²) in [7, 11) is 0. The zero-order valence-corrected chi connectivity index (χ0v) is 15.8. The largest absolute Gasteiger partial charge is 0.299 e. The number of hydrogen-bond acceptors (Lipinski definition) is 6. The monoisotopic (exact) mass is 359 g/mol. The number of rotatable bonds is 5. The van der Waals surface area contributed by atoms with Gasteiger partial charge < -0.3 is 0 Å². The topological polar surface area (TPSA) is 63.9 Å². The molecular formula is C18H25N5OS. The number of hydrogen-bond donors (Lipinski definition) is 0. The Morgan fingerprint density at radius 2 is 1.92 bits per heavy atom. The average Bonchev–Trinajstić information content (AvgIpc) is 3.37. The molecule has 7 heteroatoms. The van der Waals surface area contributed by atoms with Crippen molar-refractivity contribution in [1.29, 1.82) is 0 Å². The summed E-state index contributed by atoms with van der Waals surface area (Å²) in [6.45, 7) is 7.59. The maximum absolute atomic E-state index is 12.3. The molecule has 0 spiro atoms. The van der Waals surface area contributed by atoms with Gasteiger partial charge in [0, 0.05) is 23.7 Å². The van der Waals surface area contributed by atoms with Crippen molar-refractivity contribution in [1.82, 2.24) is 24.6 Å². The van der Waals surface area contributed by atoms with E-state index in [-0.39, 0.29) is 5.56 Å². The van der Waals surface area contributed by atoms with Crippen molar-refractivity contribution in [2.75, 3.05) is 13.1 Å². The third kappa shape index (κ3) is 3.82. The molecule has 1 saturated carbocycles. The van der Waals surface area contributed by atoms with Gasteiger partial charge in [-0.3, -0.25) is 14.3 Å². The molecular weight excluding hydrogens is 334 g/mol. The molecule has 0 N–H and O–H groups in total. The van der Waals surface area contributed by atoms with Gasteiger partial charge in [-0.25, -0.2) is 4.98 Å². The second-order valence-corrected chi connectivity index (χ2v) is 8.53. The van der Waals surface area contributed by atoms with Gasteiger partial charge in [0.25, 0.3) is 5.56 Å². The molecule has 3 heterocycles. The Bertz CT molecular complexity index is 802. The van der Waals surface area contributed by atoms with Crippen LogP contribution in [0, 0.1) is 19.8 Å². The third-order valence-electron chi connectivity index (χ3n) is 5.45. The predicted molar refractivity (Wildman–Crippen MR) is 97.9 cm³/mol. The molecule has 6 nitrogen and oxygen atoms in total. The fraction of sp³-hybridized carbons (Fsp3) is 0.667. The van der Waals surface area contributed by atoms with Gasteiger partial charge in [0.15, 0.2) is 0 Å². The molecule has 0 aromatic carbocycles. The van der Waals surface area contributed by atoms with Gasteiger partial charge in [0.05, 0.1) is 12.9 Å². The highest BCUT2D eigenvalue weighted by Crippen LogP contribution is 2.41. The lowest BCUT2D eigenvalue weighted by Gasteiger charge is -2.31. The summed E-state index contributed by atoms with van der Waals surface area (Å²) in [5.74, 6) is 1.25. The van der Waals surface area contributed by atoms with E-state index in [1.54, 1.807) is 22.2 Å². The van der Waals surface area contributed by atoms with Gasteiger partial charge in [-0.05, 0) is 58.5 Å². The van der Waals surface area contributed by atoms with Crippen LogP contribution in [0.25, 0.3) is 0 Å². The van der Waals surface area contributed by atoms with Gasteiger partial charge in [-0.2, -0.15) is 0 Å². The SMILES string of the molecule is Cc1ncn(CC2CCN(Cc3nnc(C4CC4)s3)CC2)c(=O)c1C. The second kappa shape index (κ2) is 6.96. The standard InChI is InChI=1S/C18H25N5OS/c1-12-13(2)19-11-23(18(12)24)9-14-5-7-22(8-6-14)10-16-20-21-17(25-16)15-3-4-15/h11,14-15H,3-10H2,1-2H3. The summed E-state index contributed by atoms with van der Waals surface area (Å²) >= 11 is 1.79. The van der Waals surface area contributed by atoms with Gasteiger partial charge in [0.2, 0.25) is 0 Å². The first-order valence-corrected chi connectivity index (χ1v) is 9.99. The zero-order chi connectivity index (χ0) is 17.4. The van der Waals surface area contributed by atoms with Crippen molar-refractivity contribution >= 4 is 11.3 Å². The smallest absolute Gasteiger partial charge is 0.256 e. The fourth-order valence-corrected chi connectivity index (χ4v) is 4.48. The number of likely N-dealkylation sites (tertiary alicyclic amines) is 1. The summed E-state index contributed by atoms with van der Waals surface area (Å²) in [6, 6.07) is 0. The van der Waals surface area contributed by atoms with Gasteiger partial charge in [-0.15, -0.1) is 10.2 Å². The highest BCUT2D eigenvalue weighted by molar-refractivity contribution is 7.11. The molecule has 0 amide bonds. The van der Waals surface area contributed by atoms with E-state index in [1.165, 1.54) is 17.8 Å². The Morgan fingerprint density at radius 3 is 2.64 bits per heavy atom. The van der Waals surface area contributed by atoms with Gasteiger partial charge in [0.1, 0.15) is 10.0 Å². The van der Waals surface area contributed by atoms with Crippen LogP contribution >= 0.6 is 11.3 Å². The van der Waals surface area contributed by atoms with E-state index in [9.17, 15) is 4.79 Å². The molecule has 0 atom stereocenters. The predicted octanol–water partition coefficient (Wildman–Crippen LogP) is 2.50. The van der Waals surface area contributed by atoms with Crippen LogP contribution in [-0.2, 0) is 13.1 Å². The van der Waals surface area contributed by atoms with E-state index >= 15 is 0 Å². The van der Waals surface area contributed by atoms with Crippen LogP contribution in [0.15, 0.2) is 11.1 Å². The molecule has 1 aliphatic heterocycles. The van der Waals surface area contributed by atoms with E-state index in [1.807, 2.05) is 13.8 Å². The molecule has 0 bridgehead atoms. The first-order valence-electron chi connectivity index (χ1n) is 9.17. The number of piperidine rings is 1. The van der Waals surface area contributed by atoms with Crippen LogP contribution in [0.2, 0.25) is 0 Å². The number of nitrogens with zero attached hydrogens (tertiary/aromatic N) is 5. The summed E-state index contributed by atoms with van der Waals surface area (Å²) in [4.78, 5) is 19.1. The van der Waals surface area contributed by atoms with Gasteiger partial charge >= 0.3 is 0 Å². The molecule has 0 radical (unpaired) electrons. The Hall–Kier alpha value is -1.60. The lowest BCUT2D eigenvalue weighted by molar-refractivity contribution is 0.165. The molecule has 2 fully saturated rings. The normalized spacial score (nSPS) is 19.4. The van der Waals surface area contributed by atoms with Crippen molar-refractivity contribution in [3.05, 3.63) is 38.0 Å². The summed E-state index contributed by atoms with van der Waals surface area (Å²) < 4.78 is 1.79. The lowest BCUT2D eigenvalue weighted by Crippen LogP contribution is -2.36. The van der Waals surface area contributed by atoms with E-state index in [4.69, 9.17) is 0 Å². The third-order valence-corrected chi connectivity index (χ3v) is 6.52. The Kier molecular flexibility index (Phi) is 4.69. The molecule has 1 saturated heterocycles. The van der Waals surface area contributed by atoms with Crippen molar-refractivity contribution in [3.8, 4) is 0 Å². The van der Waals surface area contributed by atoms with Gasteiger partial charge in [-0.1, -0.05) is 11.3 Å². The van der Waals surface area contributed by atoms with Crippen molar-refractivity contribution < 1.29 is 0 Å². The minimum absolute atomic E-state index is 0.108. The molecule has 25 heavy (non-hydrogen) atoms. The number of aromatic nitrogens is 4. The van der Waals surface area contributed by atoms with Crippen molar-refractivity contribution in [3.63, 3.8) is 0 Å². The highest BCUT2D eigenvalue weighted by atomic mass is 32.1. The van der Waals surface area contributed by atoms with Crippen LogP contribution in [0.1, 0.15) is 52.9 Å². The van der Waals surface area contributed by atoms with Crippen molar-refractivity contribution in [2.24, 2.45) is 5.92 Å². The number of aryl methyl sites for hydroxylation is 1. The van der Waals surface area contributed by atoms with Crippen LogP contribution in [0.4, 0.5) is 0 Å². The quantitative estimate of drug-likeness (QED) is 0.821. The minimum atomic E-state index is 0.108. The molecule has 0 unspecified atom stereocenters. The Labute approximate surface area is 151 Å². The molecule has 2 aromatic heterocycles. The lowest BCUT2D eigenvalue weighted by atomic mass is 9.96. The van der Waals surface area contributed by atoms with E-state index in [0.29, 0.717) is 11.8 Å². The van der Waals surface area contributed by atoms with E-state index in [0.717, 1.165) is 55.3 Å². The van der Waals surface area contributed by atoms with E-state index in [2.05, 4.69) is 20.1 Å². The molecule has 134 valence electrons. The molecule has 2 aromatic rings. The van der Waals surface area contributed by atoms with E-state index < -0.39 is 0 Å². The summed E-state index contributed by atoms with van der Waals surface area (Å²) in [5.41, 5.74) is 1.71.